The van der Waals surface area contributed by atoms with E-state index in [2.05, 4.69) is 21.3 Å². The third kappa shape index (κ3) is 11.6. The molecule has 4 atom stereocenters. The molecular formula is C34H42ClFN4O6. The second-order valence-electron chi connectivity index (χ2n) is 11.7. The number of ether oxygens (including phenoxy) is 1. The second-order valence-corrected chi connectivity index (χ2v) is 12.1. The molecule has 10 nitrogen and oxygen atoms in total. The van der Waals surface area contributed by atoms with E-state index in [1.807, 2.05) is 0 Å². The lowest BCUT2D eigenvalue weighted by atomic mass is 9.90. The van der Waals surface area contributed by atoms with Crippen molar-refractivity contribution in [1.82, 2.24) is 21.3 Å². The van der Waals surface area contributed by atoms with Gasteiger partial charge in [0, 0.05) is 36.4 Å². The first kappa shape index (κ1) is 36.2. The van der Waals surface area contributed by atoms with E-state index in [4.69, 9.17) is 16.3 Å². The summed E-state index contributed by atoms with van der Waals surface area (Å²) in [4.78, 5) is 65.1. The van der Waals surface area contributed by atoms with Gasteiger partial charge >= 0.3 is 12.0 Å². The molecule has 1 aliphatic heterocycles. The van der Waals surface area contributed by atoms with Gasteiger partial charge in [-0.25, -0.2) is 14.0 Å². The lowest BCUT2D eigenvalue weighted by Gasteiger charge is -2.25. The fraction of sp³-hybridized carbons (Fsp3) is 0.441. The van der Waals surface area contributed by atoms with Gasteiger partial charge in [-0.15, -0.1) is 0 Å². The number of esters is 1. The number of rotatable bonds is 11. The van der Waals surface area contributed by atoms with Crippen molar-refractivity contribution in [3.63, 3.8) is 0 Å². The van der Waals surface area contributed by atoms with Crippen LogP contribution in [0.2, 0.25) is 5.02 Å². The molecule has 248 valence electrons. The smallest absolute Gasteiger partial charge is 0.328 e. The van der Waals surface area contributed by atoms with Crippen molar-refractivity contribution >= 4 is 41.2 Å². The van der Waals surface area contributed by atoms with Crippen molar-refractivity contribution in [2.75, 3.05) is 13.7 Å². The third-order valence-electron chi connectivity index (χ3n) is 7.73. The molecule has 0 radical (unpaired) electrons. The zero-order valence-electron chi connectivity index (χ0n) is 26.3. The summed E-state index contributed by atoms with van der Waals surface area (Å²) in [6, 6.07) is 9.50. The average molecular weight is 657 g/mol. The number of carbonyl (C=O) groups is 5. The number of hydrogen-bond acceptors (Lipinski definition) is 6. The van der Waals surface area contributed by atoms with Crippen LogP contribution in [0.25, 0.3) is 0 Å². The Balaban J connectivity index is 1.83. The van der Waals surface area contributed by atoms with Gasteiger partial charge in [0.2, 0.25) is 11.8 Å². The zero-order chi connectivity index (χ0) is 33.6. The molecule has 0 bridgehead atoms. The van der Waals surface area contributed by atoms with Crippen LogP contribution in [0.4, 0.5) is 9.18 Å². The van der Waals surface area contributed by atoms with E-state index in [1.54, 1.807) is 56.3 Å². The lowest BCUT2D eigenvalue weighted by molar-refractivity contribution is -0.144. The van der Waals surface area contributed by atoms with E-state index < -0.39 is 53.6 Å². The van der Waals surface area contributed by atoms with Crippen LogP contribution in [0.15, 0.2) is 60.7 Å². The minimum Gasteiger partial charge on any atom is -0.467 e. The summed E-state index contributed by atoms with van der Waals surface area (Å²) < 4.78 is 18.7. The Morgan fingerprint density at radius 3 is 2.52 bits per heavy atom. The molecule has 0 saturated carbocycles. The van der Waals surface area contributed by atoms with E-state index in [0.717, 1.165) is 0 Å². The summed E-state index contributed by atoms with van der Waals surface area (Å²) in [6.45, 7) is 3.89. The van der Waals surface area contributed by atoms with Crippen molar-refractivity contribution in [1.29, 1.82) is 0 Å². The van der Waals surface area contributed by atoms with E-state index >= 15 is 0 Å². The topological polar surface area (TPSA) is 143 Å². The van der Waals surface area contributed by atoms with Crippen LogP contribution >= 0.6 is 11.6 Å². The predicted octanol–water partition coefficient (Wildman–Crippen LogP) is 4.05. The number of nitrogens with one attached hydrogen (secondary N) is 4. The van der Waals surface area contributed by atoms with Gasteiger partial charge in [0.25, 0.3) is 0 Å². The molecule has 0 spiro atoms. The molecule has 1 heterocycles. The molecule has 0 fully saturated rings. The van der Waals surface area contributed by atoms with Gasteiger partial charge in [-0.2, -0.15) is 0 Å². The van der Waals surface area contributed by atoms with E-state index in [-0.39, 0.29) is 31.1 Å². The summed E-state index contributed by atoms with van der Waals surface area (Å²) in [6.07, 6.45) is 4.50. The lowest BCUT2D eigenvalue weighted by Crippen LogP contribution is -2.53. The van der Waals surface area contributed by atoms with Crippen molar-refractivity contribution in [2.24, 2.45) is 11.8 Å². The van der Waals surface area contributed by atoms with Gasteiger partial charge in [0.15, 0.2) is 5.78 Å². The number of amides is 4. The first-order chi connectivity index (χ1) is 22.0. The Morgan fingerprint density at radius 1 is 1.07 bits per heavy atom. The normalized spacial score (nSPS) is 19.3. The molecule has 4 N–H and O–H groups in total. The maximum Gasteiger partial charge on any atom is 0.328 e. The number of halogens is 2. The molecule has 3 rings (SSSR count). The Bertz CT molecular complexity index is 1420. The number of methoxy groups -OCH3 is 1. The van der Waals surface area contributed by atoms with Crippen molar-refractivity contribution in [3.8, 4) is 0 Å². The van der Waals surface area contributed by atoms with Crippen LogP contribution in [-0.2, 0) is 36.8 Å². The maximum absolute atomic E-state index is 13.9. The number of Topliss-reactive ketones (excluding diaryl/α,β-unsaturated/α-hetero) is 1. The SMILES string of the molecule is COC(=O)[C@@H](NC(=O)N[C@@H](Cc1ccccc1Cl)C(=O)CC1CCCCNC(=O)/C=C/[C@H](Cc2cccc(F)c2)NC1=O)C(C)C. The highest BCUT2D eigenvalue weighted by Crippen LogP contribution is 2.21. The van der Waals surface area contributed by atoms with Crippen LogP contribution in [0.5, 0.6) is 0 Å². The second kappa shape index (κ2) is 18.0. The molecule has 1 unspecified atom stereocenters. The van der Waals surface area contributed by atoms with Crippen LogP contribution in [-0.4, -0.2) is 61.4 Å². The summed E-state index contributed by atoms with van der Waals surface area (Å²) in [5.41, 5.74) is 1.24. The Labute approximate surface area is 273 Å². The number of urea groups is 1. The van der Waals surface area contributed by atoms with Gasteiger partial charge in [0.05, 0.1) is 19.2 Å². The number of ketones is 1. The molecule has 46 heavy (non-hydrogen) atoms. The fourth-order valence-electron chi connectivity index (χ4n) is 5.18. The third-order valence-corrected chi connectivity index (χ3v) is 8.10. The Kier molecular flexibility index (Phi) is 14.2. The Hall–Kier alpha value is -4.25. The monoisotopic (exact) mass is 656 g/mol. The standard InChI is InChI=1S/C34H42ClFN4O6/c1-21(2)31(33(44)46-3)40-34(45)39-28(19-23-10-4-5-13-27(23)35)29(41)20-24-11-6-7-16-37-30(42)15-14-26(38-32(24)43)18-22-9-8-12-25(36)17-22/h4-5,8-10,12-15,17,21,24,26,28,31H,6-7,11,16,18-20H2,1-3H3,(H,37,42)(H,38,43)(H2,39,40,45)/b15-14+/t24?,26-,28+,31+/m1/s1. The zero-order valence-corrected chi connectivity index (χ0v) is 27.1. The van der Waals surface area contributed by atoms with Gasteiger partial charge < -0.3 is 26.0 Å². The van der Waals surface area contributed by atoms with E-state index in [1.165, 1.54) is 25.3 Å². The quantitative estimate of drug-likeness (QED) is 0.269. The minimum atomic E-state index is -1.07. The highest BCUT2D eigenvalue weighted by molar-refractivity contribution is 6.31. The number of hydrogen-bond donors (Lipinski definition) is 4. The van der Waals surface area contributed by atoms with Crippen LogP contribution in [0.1, 0.15) is 50.7 Å². The first-order valence-electron chi connectivity index (χ1n) is 15.4. The Morgan fingerprint density at radius 2 is 1.83 bits per heavy atom. The molecule has 4 amide bonds. The van der Waals surface area contributed by atoms with Crippen LogP contribution in [0, 0.1) is 17.7 Å². The van der Waals surface area contributed by atoms with Gasteiger partial charge in [-0.1, -0.05) is 68.3 Å². The summed E-state index contributed by atoms with van der Waals surface area (Å²) in [7, 11) is 1.22. The van der Waals surface area contributed by atoms with Gasteiger partial charge in [0.1, 0.15) is 11.9 Å². The minimum absolute atomic E-state index is 0.0573. The molecule has 12 heteroatoms. The molecule has 0 aromatic heterocycles. The molecule has 0 saturated heterocycles. The van der Waals surface area contributed by atoms with Crippen LogP contribution in [0.3, 0.4) is 0 Å². The number of carbonyl (C=O) groups excluding carboxylic acids is 5. The molecule has 1 aliphatic rings. The van der Waals surface area contributed by atoms with Crippen molar-refractivity contribution in [2.45, 2.75) is 70.5 Å². The summed E-state index contributed by atoms with van der Waals surface area (Å²) in [5.74, 6) is -3.17. The molecule has 0 aliphatic carbocycles. The summed E-state index contributed by atoms with van der Waals surface area (Å²) >= 11 is 6.39. The average Bonchev–Trinajstić information content (AvgIpc) is 3.01. The van der Waals surface area contributed by atoms with E-state index in [0.29, 0.717) is 42.0 Å². The van der Waals surface area contributed by atoms with Crippen molar-refractivity contribution in [3.05, 3.63) is 82.6 Å². The highest BCUT2D eigenvalue weighted by Gasteiger charge is 2.31. The molecule has 2 aromatic rings. The van der Waals surface area contributed by atoms with Crippen molar-refractivity contribution < 1.29 is 33.1 Å². The maximum atomic E-state index is 13.9. The van der Waals surface area contributed by atoms with Gasteiger partial charge in [-0.3, -0.25) is 14.4 Å². The molecular weight excluding hydrogens is 615 g/mol. The van der Waals surface area contributed by atoms with Crippen LogP contribution < -0.4 is 21.3 Å². The predicted molar refractivity (Wildman–Crippen MR) is 172 cm³/mol. The highest BCUT2D eigenvalue weighted by atomic mass is 35.5. The van der Waals surface area contributed by atoms with E-state index in [9.17, 15) is 28.4 Å². The molecule has 2 aromatic carbocycles. The number of benzene rings is 2. The summed E-state index contributed by atoms with van der Waals surface area (Å²) in [5, 5.41) is 11.4. The first-order valence-corrected chi connectivity index (χ1v) is 15.8. The largest absolute Gasteiger partial charge is 0.467 e. The fourth-order valence-corrected chi connectivity index (χ4v) is 5.39. The van der Waals surface area contributed by atoms with Gasteiger partial charge in [-0.05, 0) is 54.5 Å².